The van der Waals surface area contributed by atoms with E-state index in [0.717, 1.165) is 52.4 Å². The van der Waals surface area contributed by atoms with Gasteiger partial charge in [0.1, 0.15) is 0 Å². The Morgan fingerprint density at radius 3 is 2.07 bits per heavy atom. The van der Waals surface area contributed by atoms with Crippen molar-refractivity contribution in [3.05, 3.63) is 90.5 Å². The summed E-state index contributed by atoms with van der Waals surface area (Å²) in [5, 5.41) is 8.82. The number of hydrogen-bond donors (Lipinski definition) is 2. The van der Waals surface area contributed by atoms with Crippen LogP contribution in [0.2, 0.25) is 0 Å². The van der Waals surface area contributed by atoms with E-state index in [2.05, 4.69) is 22.8 Å². The summed E-state index contributed by atoms with van der Waals surface area (Å²) in [5.41, 5.74) is 4.15. The Balaban J connectivity index is 1.29. The number of pyridine rings is 1. The molecule has 0 spiro atoms. The summed E-state index contributed by atoms with van der Waals surface area (Å²) in [6.07, 6.45) is 5.30. The molecule has 1 amide bonds. The summed E-state index contributed by atoms with van der Waals surface area (Å²) in [6, 6.07) is 26.3. The summed E-state index contributed by atoms with van der Waals surface area (Å²) in [6.45, 7) is 1.51. The summed E-state index contributed by atoms with van der Waals surface area (Å²) in [5.74, 6) is -0.0575. The first kappa shape index (κ1) is 19.6. The summed E-state index contributed by atoms with van der Waals surface area (Å²) >= 11 is 0. The summed E-state index contributed by atoms with van der Waals surface area (Å²) < 4.78 is 0. The highest BCUT2D eigenvalue weighted by molar-refractivity contribution is 6.07. The van der Waals surface area contributed by atoms with Crippen LogP contribution in [0.1, 0.15) is 18.4 Å². The number of carbonyl (C=O) groups is 1. The minimum atomic E-state index is -0.0575. The highest BCUT2D eigenvalue weighted by Gasteiger charge is 2.07. The van der Waals surface area contributed by atoms with Crippen molar-refractivity contribution < 1.29 is 4.79 Å². The van der Waals surface area contributed by atoms with Gasteiger partial charge >= 0.3 is 0 Å². The number of nitrogens with zero attached hydrogens (tertiary/aromatic N) is 1. The minimum absolute atomic E-state index is 0.0575. The molecule has 0 aliphatic carbocycles. The van der Waals surface area contributed by atoms with Crippen molar-refractivity contribution in [2.45, 2.75) is 12.8 Å². The Labute approximate surface area is 176 Å². The molecule has 4 aromatic rings. The molecule has 0 saturated carbocycles. The van der Waals surface area contributed by atoms with Crippen LogP contribution >= 0.6 is 0 Å². The molecule has 1 aromatic heterocycles. The zero-order valence-electron chi connectivity index (χ0n) is 16.8. The van der Waals surface area contributed by atoms with Crippen LogP contribution in [-0.2, 0) is 4.79 Å². The van der Waals surface area contributed by atoms with Crippen LogP contribution in [0.15, 0.2) is 84.9 Å². The predicted octanol–water partition coefficient (Wildman–Crippen LogP) is 5.41. The molecule has 2 N–H and O–H groups in total. The van der Waals surface area contributed by atoms with Crippen LogP contribution in [0.3, 0.4) is 0 Å². The normalized spacial score (nSPS) is 11.2. The molecular weight excluding hydrogens is 370 g/mol. The van der Waals surface area contributed by atoms with Crippen molar-refractivity contribution in [3.63, 3.8) is 0 Å². The van der Waals surface area contributed by atoms with Crippen molar-refractivity contribution in [1.82, 2.24) is 10.3 Å². The van der Waals surface area contributed by atoms with Crippen molar-refractivity contribution in [2.75, 3.05) is 18.4 Å². The highest BCUT2D eigenvalue weighted by atomic mass is 16.1. The molecule has 150 valence electrons. The lowest BCUT2D eigenvalue weighted by Crippen LogP contribution is -2.22. The smallest absolute Gasteiger partial charge is 0.243 e. The fourth-order valence-corrected chi connectivity index (χ4v) is 3.50. The first-order valence-corrected chi connectivity index (χ1v) is 10.3. The zero-order chi connectivity index (χ0) is 20.6. The number of anilines is 1. The van der Waals surface area contributed by atoms with E-state index in [1.165, 1.54) is 0 Å². The second kappa shape index (κ2) is 9.70. The van der Waals surface area contributed by atoms with Crippen LogP contribution in [0.25, 0.3) is 27.9 Å². The molecule has 0 fully saturated rings. The number of carbonyl (C=O) groups excluding carboxylic acids is 1. The fourth-order valence-electron chi connectivity index (χ4n) is 3.50. The van der Waals surface area contributed by atoms with Crippen LogP contribution in [0.5, 0.6) is 0 Å². The Morgan fingerprint density at radius 1 is 0.767 bits per heavy atom. The molecule has 0 aliphatic rings. The van der Waals surface area contributed by atoms with E-state index >= 15 is 0 Å². The van der Waals surface area contributed by atoms with Gasteiger partial charge in [-0.3, -0.25) is 4.79 Å². The molecule has 0 bridgehead atoms. The van der Waals surface area contributed by atoms with Gasteiger partial charge < -0.3 is 10.6 Å². The van der Waals surface area contributed by atoms with Gasteiger partial charge in [-0.15, -0.1) is 0 Å². The first-order chi connectivity index (χ1) is 14.8. The van der Waals surface area contributed by atoms with Crippen LogP contribution in [0.4, 0.5) is 5.69 Å². The minimum Gasteiger partial charge on any atom is -0.384 e. The highest BCUT2D eigenvalue weighted by Crippen LogP contribution is 2.30. The van der Waals surface area contributed by atoms with Gasteiger partial charge in [0, 0.05) is 29.9 Å². The molecule has 3 aromatic carbocycles. The predicted molar refractivity (Wildman–Crippen MR) is 125 cm³/mol. The second-order valence-electron chi connectivity index (χ2n) is 7.19. The van der Waals surface area contributed by atoms with Gasteiger partial charge in [0.2, 0.25) is 5.91 Å². The lowest BCUT2D eigenvalue weighted by molar-refractivity contribution is -0.116. The average Bonchev–Trinajstić information content (AvgIpc) is 2.80. The molecule has 4 nitrogen and oxygen atoms in total. The Bertz CT molecular complexity index is 1110. The molecule has 4 heteroatoms. The number of unbranched alkanes of at least 4 members (excludes halogenated alkanes) is 1. The second-order valence-corrected chi connectivity index (χ2v) is 7.19. The molecule has 0 saturated heterocycles. The Kier molecular flexibility index (Phi) is 6.35. The number of hydrogen-bond acceptors (Lipinski definition) is 3. The van der Waals surface area contributed by atoms with Crippen molar-refractivity contribution in [1.29, 1.82) is 0 Å². The quantitative estimate of drug-likeness (QED) is 0.238. The largest absolute Gasteiger partial charge is 0.384 e. The van der Waals surface area contributed by atoms with E-state index in [4.69, 9.17) is 4.98 Å². The SMILES string of the molecule is O=C(/C=C/c1ccccc1)NCCCCNc1c2ccccc2nc2ccccc12. The maximum Gasteiger partial charge on any atom is 0.243 e. The summed E-state index contributed by atoms with van der Waals surface area (Å²) in [7, 11) is 0. The molecule has 0 atom stereocenters. The molecular formula is C26H25N3O. The standard InChI is InChI=1S/C26H25N3O/c30-25(17-16-20-10-2-1-3-11-20)27-18-8-9-19-28-26-21-12-4-6-14-23(21)29-24-15-7-5-13-22(24)26/h1-7,10-17H,8-9,18-19H2,(H,27,30)(H,28,29)/b17-16+. The average molecular weight is 396 g/mol. The monoisotopic (exact) mass is 395 g/mol. The number of nitrogens with one attached hydrogen (secondary N) is 2. The van der Waals surface area contributed by atoms with Crippen molar-refractivity contribution >= 4 is 39.5 Å². The third-order valence-corrected chi connectivity index (χ3v) is 5.02. The van der Waals surface area contributed by atoms with E-state index in [0.29, 0.717) is 6.54 Å². The van der Waals surface area contributed by atoms with E-state index in [1.54, 1.807) is 6.08 Å². The number of para-hydroxylation sites is 2. The maximum atomic E-state index is 11.9. The van der Waals surface area contributed by atoms with Gasteiger partial charge in [-0.1, -0.05) is 66.7 Å². The molecule has 1 heterocycles. The first-order valence-electron chi connectivity index (χ1n) is 10.3. The van der Waals surface area contributed by atoms with E-state index < -0.39 is 0 Å². The number of rotatable bonds is 8. The van der Waals surface area contributed by atoms with Gasteiger partial charge in [-0.05, 0) is 36.6 Å². The Morgan fingerprint density at radius 2 is 1.37 bits per heavy atom. The van der Waals surface area contributed by atoms with E-state index in [-0.39, 0.29) is 5.91 Å². The summed E-state index contributed by atoms with van der Waals surface area (Å²) in [4.78, 5) is 16.7. The van der Waals surface area contributed by atoms with Gasteiger partial charge in [-0.2, -0.15) is 0 Å². The molecule has 0 aliphatic heterocycles. The molecule has 30 heavy (non-hydrogen) atoms. The number of amides is 1. The van der Waals surface area contributed by atoms with Crippen LogP contribution in [0, 0.1) is 0 Å². The number of benzene rings is 3. The van der Waals surface area contributed by atoms with Crippen molar-refractivity contribution in [2.24, 2.45) is 0 Å². The number of fused-ring (bicyclic) bond motifs is 2. The topological polar surface area (TPSA) is 54.0 Å². The van der Waals surface area contributed by atoms with Gasteiger partial charge in [0.15, 0.2) is 0 Å². The zero-order valence-corrected chi connectivity index (χ0v) is 16.8. The number of aromatic nitrogens is 1. The Hall–Kier alpha value is -3.66. The lowest BCUT2D eigenvalue weighted by atomic mass is 10.1. The third kappa shape index (κ3) is 4.84. The molecule has 0 radical (unpaired) electrons. The molecule has 0 unspecified atom stereocenters. The van der Waals surface area contributed by atoms with E-state index in [9.17, 15) is 4.79 Å². The van der Waals surface area contributed by atoms with Crippen molar-refractivity contribution in [3.8, 4) is 0 Å². The van der Waals surface area contributed by atoms with E-state index in [1.807, 2.05) is 72.8 Å². The maximum absolute atomic E-state index is 11.9. The molecule has 4 rings (SSSR count). The van der Waals surface area contributed by atoms with Crippen LogP contribution in [-0.4, -0.2) is 24.0 Å². The van der Waals surface area contributed by atoms with Gasteiger partial charge in [-0.25, -0.2) is 4.98 Å². The fraction of sp³-hybridized carbons (Fsp3) is 0.154. The lowest BCUT2D eigenvalue weighted by Gasteiger charge is -2.13. The van der Waals surface area contributed by atoms with Crippen LogP contribution < -0.4 is 10.6 Å². The van der Waals surface area contributed by atoms with Gasteiger partial charge in [0.25, 0.3) is 0 Å². The van der Waals surface area contributed by atoms with Gasteiger partial charge in [0.05, 0.1) is 16.7 Å². The third-order valence-electron chi connectivity index (χ3n) is 5.02.